The average Bonchev–Trinajstić information content (AvgIpc) is 2.85. The quantitative estimate of drug-likeness (QED) is 0.850. The lowest BCUT2D eigenvalue weighted by atomic mass is 9.91. The van der Waals surface area contributed by atoms with Gasteiger partial charge in [-0.1, -0.05) is 24.3 Å². The van der Waals surface area contributed by atoms with Crippen LogP contribution in [0.3, 0.4) is 0 Å². The summed E-state index contributed by atoms with van der Waals surface area (Å²) < 4.78 is 0. The minimum absolute atomic E-state index is 0.0941. The first kappa shape index (κ1) is 12.4. The molecule has 0 aromatic heterocycles. The van der Waals surface area contributed by atoms with Gasteiger partial charge in [0.15, 0.2) is 0 Å². The van der Waals surface area contributed by atoms with Gasteiger partial charge in [-0.05, 0) is 42.9 Å². The summed E-state index contributed by atoms with van der Waals surface area (Å²) in [6.07, 6.45) is 6.82. The number of nitrogens with one attached hydrogen (secondary N) is 1. The van der Waals surface area contributed by atoms with Crippen molar-refractivity contribution in [2.75, 3.05) is 0 Å². The van der Waals surface area contributed by atoms with E-state index in [1.54, 1.807) is 0 Å². The van der Waals surface area contributed by atoms with E-state index < -0.39 is 0 Å². The van der Waals surface area contributed by atoms with Gasteiger partial charge in [-0.25, -0.2) is 0 Å². The first-order chi connectivity index (χ1) is 9.22. The molecule has 0 heterocycles. The molecule has 2 aliphatic rings. The number of nitrogens with two attached hydrogens (primary N) is 1. The molecule has 0 aliphatic heterocycles. The van der Waals surface area contributed by atoms with Crippen molar-refractivity contribution in [3.05, 3.63) is 41.0 Å². The van der Waals surface area contributed by atoms with Gasteiger partial charge >= 0.3 is 0 Å². The van der Waals surface area contributed by atoms with E-state index in [1.165, 1.54) is 11.1 Å². The second-order valence-electron chi connectivity index (χ2n) is 5.63. The number of carbonyl (C=O) groups is 1. The highest BCUT2D eigenvalue weighted by atomic mass is 16.1. The van der Waals surface area contributed by atoms with Gasteiger partial charge in [0.25, 0.3) is 0 Å². The molecule has 1 amide bonds. The molecular formula is C16H20N2O. The van der Waals surface area contributed by atoms with Gasteiger partial charge in [-0.15, -0.1) is 0 Å². The third-order valence-electron chi connectivity index (χ3n) is 4.16. The molecule has 0 spiro atoms. The largest absolute Gasteiger partial charge is 0.350 e. The van der Waals surface area contributed by atoms with Gasteiger partial charge < -0.3 is 11.1 Å². The van der Waals surface area contributed by atoms with Crippen LogP contribution in [-0.4, -0.2) is 18.0 Å². The molecule has 3 N–H and O–H groups in total. The van der Waals surface area contributed by atoms with Crippen molar-refractivity contribution in [2.24, 2.45) is 5.73 Å². The van der Waals surface area contributed by atoms with Crippen molar-refractivity contribution < 1.29 is 4.79 Å². The predicted molar refractivity (Wildman–Crippen MR) is 76.5 cm³/mol. The highest BCUT2D eigenvalue weighted by molar-refractivity contribution is 6.00. The zero-order chi connectivity index (χ0) is 13.2. The van der Waals surface area contributed by atoms with Crippen molar-refractivity contribution in [3.63, 3.8) is 0 Å². The Morgan fingerprint density at radius 3 is 2.63 bits per heavy atom. The molecule has 3 nitrogen and oxygen atoms in total. The topological polar surface area (TPSA) is 55.1 Å². The van der Waals surface area contributed by atoms with Crippen molar-refractivity contribution >= 4 is 12.0 Å². The molecule has 0 atom stereocenters. The van der Waals surface area contributed by atoms with Gasteiger partial charge in [0.2, 0.25) is 5.91 Å². The summed E-state index contributed by atoms with van der Waals surface area (Å²) >= 11 is 0. The zero-order valence-electron chi connectivity index (χ0n) is 11.1. The van der Waals surface area contributed by atoms with E-state index in [1.807, 2.05) is 18.2 Å². The Labute approximate surface area is 113 Å². The molecule has 0 unspecified atom stereocenters. The number of amides is 1. The Morgan fingerprint density at radius 1 is 1.16 bits per heavy atom. The highest BCUT2D eigenvalue weighted by Gasteiger charge is 2.23. The molecular weight excluding hydrogens is 236 g/mol. The molecule has 3 heteroatoms. The maximum absolute atomic E-state index is 12.3. The zero-order valence-corrected chi connectivity index (χ0v) is 11.1. The summed E-state index contributed by atoms with van der Waals surface area (Å²) in [7, 11) is 0. The summed E-state index contributed by atoms with van der Waals surface area (Å²) in [4.78, 5) is 12.3. The fourth-order valence-corrected chi connectivity index (χ4v) is 2.97. The summed E-state index contributed by atoms with van der Waals surface area (Å²) in [5, 5.41) is 3.15. The molecule has 1 saturated carbocycles. The third kappa shape index (κ3) is 2.71. The Bertz CT molecular complexity index is 513. The monoisotopic (exact) mass is 256 g/mol. The van der Waals surface area contributed by atoms with Gasteiger partial charge in [-0.3, -0.25) is 4.79 Å². The number of fused-ring (bicyclic) bond motifs is 1. The molecule has 0 saturated heterocycles. The maximum Gasteiger partial charge on any atom is 0.247 e. The predicted octanol–water partition coefficient (Wildman–Crippen LogP) is 2.01. The van der Waals surface area contributed by atoms with Crippen LogP contribution in [-0.2, 0) is 11.2 Å². The second kappa shape index (κ2) is 5.17. The number of carbonyl (C=O) groups excluding carboxylic acids is 1. The molecule has 100 valence electrons. The van der Waals surface area contributed by atoms with Crippen molar-refractivity contribution in [1.29, 1.82) is 0 Å². The molecule has 19 heavy (non-hydrogen) atoms. The Hall–Kier alpha value is -1.61. The Morgan fingerprint density at radius 2 is 1.89 bits per heavy atom. The lowest BCUT2D eigenvalue weighted by Gasteiger charge is -2.26. The molecule has 0 bridgehead atoms. The van der Waals surface area contributed by atoms with E-state index in [2.05, 4.69) is 17.4 Å². The van der Waals surface area contributed by atoms with E-state index in [0.29, 0.717) is 12.1 Å². The van der Waals surface area contributed by atoms with Gasteiger partial charge in [-0.2, -0.15) is 0 Å². The highest BCUT2D eigenvalue weighted by Crippen LogP contribution is 2.25. The van der Waals surface area contributed by atoms with E-state index in [0.717, 1.165) is 37.7 Å². The molecule has 1 fully saturated rings. The van der Waals surface area contributed by atoms with Crippen molar-refractivity contribution in [2.45, 2.75) is 44.2 Å². The van der Waals surface area contributed by atoms with Crippen molar-refractivity contribution in [1.82, 2.24) is 5.32 Å². The molecule has 2 aliphatic carbocycles. The van der Waals surface area contributed by atoms with Crippen LogP contribution < -0.4 is 11.1 Å². The molecule has 1 aromatic carbocycles. The third-order valence-corrected chi connectivity index (χ3v) is 4.16. The Balaban J connectivity index is 1.61. The minimum Gasteiger partial charge on any atom is -0.350 e. The molecule has 0 radical (unpaired) electrons. The lowest BCUT2D eigenvalue weighted by Crippen LogP contribution is -2.41. The summed E-state index contributed by atoms with van der Waals surface area (Å²) in [5.41, 5.74) is 9.20. The smallest absolute Gasteiger partial charge is 0.247 e. The van der Waals surface area contributed by atoms with Gasteiger partial charge in [0, 0.05) is 24.1 Å². The van der Waals surface area contributed by atoms with E-state index in [-0.39, 0.29) is 5.91 Å². The SMILES string of the molecule is NC1CCC(NC(=O)C2=Cc3ccccc3C2)CC1. The summed E-state index contributed by atoms with van der Waals surface area (Å²) in [5.74, 6) is 0.0941. The van der Waals surface area contributed by atoms with Crippen LogP contribution in [0, 0.1) is 0 Å². The average molecular weight is 256 g/mol. The van der Waals surface area contributed by atoms with Gasteiger partial charge in [0.1, 0.15) is 0 Å². The minimum atomic E-state index is 0.0941. The molecule has 1 aromatic rings. The second-order valence-corrected chi connectivity index (χ2v) is 5.63. The van der Waals surface area contributed by atoms with Crippen LogP contribution in [0.5, 0.6) is 0 Å². The summed E-state index contributed by atoms with van der Waals surface area (Å²) in [6.45, 7) is 0. The number of hydrogen-bond acceptors (Lipinski definition) is 2. The van der Waals surface area contributed by atoms with Crippen LogP contribution >= 0.6 is 0 Å². The van der Waals surface area contributed by atoms with Gasteiger partial charge in [0.05, 0.1) is 0 Å². The normalized spacial score (nSPS) is 25.6. The van der Waals surface area contributed by atoms with Crippen LogP contribution in [0.1, 0.15) is 36.8 Å². The standard InChI is InChI=1S/C16H20N2O/c17-14-5-7-15(8-6-14)18-16(19)13-9-11-3-1-2-4-12(11)10-13/h1-4,9,14-15H,5-8,10,17H2,(H,18,19). The van der Waals surface area contributed by atoms with Crippen LogP contribution in [0.2, 0.25) is 0 Å². The number of hydrogen-bond donors (Lipinski definition) is 2. The Kier molecular flexibility index (Phi) is 3.38. The first-order valence-electron chi connectivity index (χ1n) is 7.07. The lowest BCUT2D eigenvalue weighted by molar-refractivity contribution is -0.118. The number of benzene rings is 1. The molecule has 3 rings (SSSR count). The number of rotatable bonds is 2. The van der Waals surface area contributed by atoms with Crippen LogP contribution in [0.15, 0.2) is 29.8 Å². The summed E-state index contributed by atoms with van der Waals surface area (Å²) in [6, 6.07) is 8.82. The maximum atomic E-state index is 12.3. The van der Waals surface area contributed by atoms with Crippen molar-refractivity contribution in [3.8, 4) is 0 Å². The van der Waals surface area contributed by atoms with Crippen LogP contribution in [0.25, 0.3) is 6.08 Å². The first-order valence-corrected chi connectivity index (χ1v) is 7.07. The fraction of sp³-hybridized carbons (Fsp3) is 0.438. The van der Waals surface area contributed by atoms with Crippen LogP contribution in [0.4, 0.5) is 0 Å². The van der Waals surface area contributed by atoms with E-state index >= 15 is 0 Å². The van der Waals surface area contributed by atoms with E-state index in [9.17, 15) is 4.79 Å². The van der Waals surface area contributed by atoms with E-state index in [4.69, 9.17) is 5.73 Å². The fourth-order valence-electron chi connectivity index (χ4n) is 2.97.